The van der Waals surface area contributed by atoms with E-state index >= 15 is 0 Å². The summed E-state index contributed by atoms with van der Waals surface area (Å²) in [6, 6.07) is 22.6. The molecule has 4 rings (SSSR count). The summed E-state index contributed by atoms with van der Waals surface area (Å²) in [6.07, 6.45) is 2.50. The monoisotopic (exact) mass is 430 g/mol. The quantitative estimate of drug-likeness (QED) is 0.401. The van der Waals surface area contributed by atoms with Crippen molar-refractivity contribution >= 4 is 45.5 Å². The molecule has 0 bridgehead atoms. The summed E-state index contributed by atoms with van der Waals surface area (Å²) in [5.41, 5.74) is 3.21. The maximum absolute atomic E-state index is 13.0. The van der Waals surface area contributed by atoms with Crippen LogP contribution in [0.25, 0.3) is 10.8 Å². The van der Waals surface area contributed by atoms with Crippen LogP contribution in [-0.2, 0) is 11.3 Å². The molecule has 3 aromatic rings. The zero-order valence-electron chi connectivity index (χ0n) is 18.0. The van der Waals surface area contributed by atoms with Crippen molar-refractivity contribution in [2.24, 2.45) is 10.2 Å². The van der Waals surface area contributed by atoms with Gasteiger partial charge in [-0.1, -0.05) is 73.3 Å². The van der Waals surface area contributed by atoms with Gasteiger partial charge >= 0.3 is 0 Å². The fraction of sp³-hybridized carbons (Fsp3) is 0.240. The molecule has 0 saturated carbocycles. The summed E-state index contributed by atoms with van der Waals surface area (Å²) in [5, 5.41) is 11.6. The summed E-state index contributed by atoms with van der Waals surface area (Å²) >= 11 is 1.50. The molecule has 31 heavy (non-hydrogen) atoms. The lowest BCUT2D eigenvalue weighted by Crippen LogP contribution is -2.31. The molecule has 0 spiro atoms. The van der Waals surface area contributed by atoms with Gasteiger partial charge in [0, 0.05) is 19.8 Å². The van der Waals surface area contributed by atoms with Gasteiger partial charge in [-0.3, -0.25) is 9.69 Å². The second-order valence-electron chi connectivity index (χ2n) is 7.69. The van der Waals surface area contributed by atoms with Crippen LogP contribution in [-0.4, -0.2) is 41.5 Å². The number of amidine groups is 1. The van der Waals surface area contributed by atoms with Crippen LogP contribution < -0.4 is 4.90 Å². The van der Waals surface area contributed by atoms with Gasteiger partial charge in [-0.05, 0) is 40.5 Å². The number of rotatable bonds is 6. The van der Waals surface area contributed by atoms with E-state index in [0.717, 1.165) is 28.6 Å². The van der Waals surface area contributed by atoms with E-state index in [9.17, 15) is 4.79 Å². The summed E-state index contributed by atoms with van der Waals surface area (Å²) in [7, 11) is 4.02. The zero-order valence-corrected chi connectivity index (χ0v) is 18.8. The number of hydrogen-bond acceptors (Lipinski definition) is 5. The molecule has 0 N–H and O–H groups in total. The first-order chi connectivity index (χ1) is 15.1. The zero-order chi connectivity index (χ0) is 21.8. The summed E-state index contributed by atoms with van der Waals surface area (Å²) < 4.78 is 0. The van der Waals surface area contributed by atoms with E-state index in [1.165, 1.54) is 17.1 Å². The van der Waals surface area contributed by atoms with Crippen LogP contribution in [0.15, 0.2) is 76.9 Å². The Hall–Kier alpha value is -3.12. The fourth-order valence-electron chi connectivity index (χ4n) is 3.59. The molecule has 1 aliphatic heterocycles. The van der Waals surface area contributed by atoms with Gasteiger partial charge in [0.05, 0.1) is 18.0 Å². The van der Waals surface area contributed by atoms with Gasteiger partial charge in [0.2, 0.25) is 5.91 Å². The second kappa shape index (κ2) is 9.35. The molecule has 5 nitrogen and oxygen atoms in total. The van der Waals surface area contributed by atoms with Crippen molar-refractivity contribution in [2.75, 3.05) is 19.0 Å². The Balaban J connectivity index is 1.58. The van der Waals surface area contributed by atoms with E-state index in [-0.39, 0.29) is 11.2 Å². The van der Waals surface area contributed by atoms with Gasteiger partial charge in [0.1, 0.15) is 0 Å². The number of nitrogens with zero attached hydrogens (tertiary/aromatic N) is 4. The third-order valence-electron chi connectivity index (χ3n) is 5.36. The largest absolute Gasteiger partial charge is 0.378 e. The minimum atomic E-state index is -0.108. The first-order valence-electron chi connectivity index (χ1n) is 10.4. The molecule has 3 aromatic carbocycles. The predicted octanol–water partition coefficient (Wildman–Crippen LogP) is 5.15. The third kappa shape index (κ3) is 4.64. The van der Waals surface area contributed by atoms with E-state index in [1.807, 2.05) is 63.5 Å². The molecule has 1 heterocycles. The van der Waals surface area contributed by atoms with Gasteiger partial charge in [0.25, 0.3) is 0 Å². The van der Waals surface area contributed by atoms with E-state index in [1.54, 1.807) is 11.1 Å². The van der Waals surface area contributed by atoms with Gasteiger partial charge < -0.3 is 4.90 Å². The highest BCUT2D eigenvalue weighted by Gasteiger charge is 2.37. The van der Waals surface area contributed by atoms with Crippen molar-refractivity contribution in [1.29, 1.82) is 0 Å². The SMILES string of the molecule is CCC1SC(=NN=Cc2ccc(N(C)C)cc2)N(Cc2cccc3ccccc23)C1=O. The standard InChI is InChI=1S/C25H26N4OS/c1-4-23-24(30)29(17-20-10-7-9-19-8-5-6-11-22(19)20)25(31-23)27-26-16-18-12-14-21(15-13-18)28(2)3/h5-16,23H,4,17H2,1-3H3. The molecular formula is C25H26N4OS. The Bertz CT molecular complexity index is 1130. The van der Waals surface area contributed by atoms with Crippen molar-refractivity contribution in [3.8, 4) is 0 Å². The molecular weight excluding hydrogens is 404 g/mol. The topological polar surface area (TPSA) is 48.3 Å². The number of fused-ring (bicyclic) bond motifs is 1. The van der Waals surface area contributed by atoms with Crippen LogP contribution in [0, 0.1) is 0 Å². The number of hydrogen-bond donors (Lipinski definition) is 0. The van der Waals surface area contributed by atoms with Crippen molar-refractivity contribution in [3.05, 3.63) is 77.9 Å². The van der Waals surface area contributed by atoms with Gasteiger partial charge in [0.15, 0.2) is 5.17 Å². The molecule has 1 amide bonds. The smallest absolute Gasteiger partial charge is 0.242 e. The van der Waals surface area contributed by atoms with Crippen molar-refractivity contribution in [2.45, 2.75) is 25.1 Å². The Morgan fingerprint density at radius 3 is 2.52 bits per heavy atom. The molecule has 0 radical (unpaired) electrons. The summed E-state index contributed by atoms with van der Waals surface area (Å²) in [5.74, 6) is 0.102. The van der Waals surface area contributed by atoms with Crippen LogP contribution in [0.3, 0.4) is 0 Å². The maximum Gasteiger partial charge on any atom is 0.242 e. The van der Waals surface area contributed by atoms with Gasteiger partial charge in [-0.15, -0.1) is 5.10 Å². The molecule has 6 heteroatoms. The lowest BCUT2D eigenvalue weighted by atomic mass is 10.0. The highest BCUT2D eigenvalue weighted by Crippen LogP contribution is 2.32. The average Bonchev–Trinajstić information content (AvgIpc) is 3.09. The normalized spacial score (nSPS) is 17.9. The molecule has 158 valence electrons. The number of carbonyl (C=O) groups is 1. The summed E-state index contributed by atoms with van der Waals surface area (Å²) in [4.78, 5) is 16.8. The maximum atomic E-state index is 13.0. The Morgan fingerprint density at radius 2 is 1.77 bits per heavy atom. The minimum absolute atomic E-state index is 0.102. The van der Waals surface area contributed by atoms with Gasteiger partial charge in [-0.25, -0.2) is 0 Å². The van der Waals surface area contributed by atoms with Crippen LogP contribution in [0.5, 0.6) is 0 Å². The number of benzene rings is 3. The van der Waals surface area contributed by atoms with Crippen molar-refractivity contribution < 1.29 is 4.79 Å². The van der Waals surface area contributed by atoms with E-state index in [0.29, 0.717) is 11.7 Å². The molecule has 1 atom stereocenters. The summed E-state index contributed by atoms with van der Waals surface area (Å²) in [6.45, 7) is 2.53. The first kappa shape index (κ1) is 21.1. The highest BCUT2D eigenvalue weighted by molar-refractivity contribution is 8.15. The molecule has 1 fully saturated rings. The highest BCUT2D eigenvalue weighted by atomic mass is 32.2. The number of amides is 1. The van der Waals surface area contributed by atoms with Gasteiger partial charge in [-0.2, -0.15) is 5.10 Å². The molecule has 1 saturated heterocycles. The number of carbonyl (C=O) groups excluding carboxylic acids is 1. The Labute approximate surface area is 187 Å². The Morgan fingerprint density at radius 1 is 1.03 bits per heavy atom. The number of thioether (sulfide) groups is 1. The third-order valence-corrected chi connectivity index (χ3v) is 6.69. The molecule has 1 unspecified atom stereocenters. The van der Waals surface area contributed by atoms with E-state index < -0.39 is 0 Å². The molecule has 0 aliphatic carbocycles. The minimum Gasteiger partial charge on any atom is -0.378 e. The van der Waals surface area contributed by atoms with Crippen LogP contribution >= 0.6 is 11.8 Å². The lowest BCUT2D eigenvalue weighted by molar-refractivity contribution is -0.126. The second-order valence-corrected chi connectivity index (χ2v) is 8.86. The first-order valence-corrected chi connectivity index (χ1v) is 11.3. The lowest BCUT2D eigenvalue weighted by Gasteiger charge is -2.17. The van der Waals surface area contributed by atoms with Crippen LogP contribution in [0.4, 0.5) is 5.69 Å². The van der Waals surface area contributed by atoms with Crippen molar-refractivity contribution in [3.63, 3.8) is 0 Å². The van der Waals surface area contributed by atoms with E-state index in [4.69, 9.17) is 0 Å². The Kier molecular flexibility index (Phi) is 6.37. The molecule has 1 aliphatic rings. The van der Waals surface area contributed by atoms with Crippen LogP contribution in [0.2, 0.25) is 0 Å². The van der Waals surface area contributed by atoms with Crippen molar-refractivity contribution in [1.82, 2.24) is 4.90 Å². The average molecular weight is 431 g/mol. The fourth-order valence-corrected chi connectivity index (χ4v) is 4.62. The van der Waals surface area contributed by atoms with Crippen LogP contribution in [0.1, 0.15) is 24.5 Å². The predicted molar refractivity (Wildman–Crippen MR) is 132 cm³/mol. The van der Waals surface area contributed by atoms with E-state index in [2.05, 4.69) is 39.4 Å². The molecule has 0 aromatic heterocycles. The number of anilines is 1.